The number of rotatable bonds is 4. The Morgan fingerprint density at radius 1 is 1.08 bits per heavy atom. The van der Waals surface area contributed by atoms with E-state index < -0.39 is 5.97 Å². The molecular weight excluding hydrogens is 386 g/mol. The van der Waals surface area contributed by atoms with E-state index >= 15 is 0 Å². The molecule has 0 bridgehead atoms. The maximum Gasteiger partial charge on any atom is 0.340 e. The number of hydrogen-bond acceptors (Lipinski definition) is 5. The number of pyridine rings is 1. The van der Waals surface area contributed by atoms with E-state index in [1.54, 1.807) is 17.2 Å². The number of halogens is 1. The minimum absolute atomic E-state index is 0.177. The molecule has 1 aliphatic rings. The van der Waals surface area contributed by atoms with Crippen LogP contribution in [-0.4, -0.2) is 54.5 Å². The second kappa shape index (κ2) is 8.11. The lowest BCUT2D eigenvalue weighted by Gasteiger charge is -2.36. The van der Waals surface area contributed by atoms with Gasteiger partial charge in [0.05, 0.1) is 5.56 Å². The number of aromatic nitrogens is 1. The summed E-state index contributed by atoms with van der Waals surface area (Å²) in [4.78, 5) is 32.1. The van der Waals surface area contributed by atoms with Crippen LogP contribution in [0.15, 0.2) is 53.3 Å². The first-order valence-corrected chi connectivity index (χ1v) is 8.78. The van der Waals surface area contributed by atoms with E-state index in [4.69, 9.17) is 4.74 Å². The summed E-state index contributed by atoms with van der Waals surface area (Å²) in [5, 5.41) is 0. The fourth-order valence-corrected chi connectivity index (χ4v) is 3.04. The van der Waals surface area contributed by atoms with Gasteiger partial charge in [0.25, 0.3) is 5.91 Å². The number of carbonyl (C=O) groups is 2. The van der Waals surface area contributed by atoms with Gasteiger partial charge in [-0.15, -0.1) is 0 Å². The zero-order chi connectivity index (χ0) is 17.6. The van der Waals surface area contributed by atoms with Crippen LogP contribution >= 0.6 is 15.9 Å². The Bertz CT molecular complexity index is 746. The molecule has 0 N–H and O–H groups in total. The molecule has 1 fully saturated rings. The summed E-state index contributed by atoms with van der Waals surface area (Å²) in [5.74, 6) is -0.728. The number of esters is 1. The van der Waals surface area contributed by atoms with Crippen LogP contribution in [0.4, 0.5) is 5.69 Å². The lowest BCUT2D eigenvalue weighted by molar-refractivity contribution is -0.134. The lowest BCUT2D eigenvalue weighted by atomic mass is 10.2. The minimum atomic E-state index is -0.551. The van der Waals surface area contributed by atoms with Gasteiger partial charge in [0, 0.05) is 48.7 Å². The Labute approximate surface area is 154 Å². The highest BCUT2D eigenvalue weighted by molar-refractivity contribution is 9.10. The van der Waals surface area contributed by atoms with Crippen molar-refractivity contribution in [2.75, 3.05) is 37.7 Å². The van der Waals surface area contributed by atoms with Crippen molar-refractivity contribution in [2.24, 2.45) is 0 Å². The Morgan fingerprint density at radius 2 is 1.80 bits per heavy atom. The van der Waals surface area contributed by atoms with Crippen molar-refractivity contribution >= 4 is 33.5 Å². The van der Waals surface area contributed by atoms with Gasteiger partial charge in [-0.1, -0.05) is 18.2 Å². The van der Waals surface area contributed by atoms with Gasteiger partial charge in [-0.2, -0.15) is 0 Å². The van der Waals surface area contributed by atoms with Gasteiger partial charge in [-0.3, -0.25) is 9.78 Å². The molecule has 0 radical (unpaired) electrons. The van der Waals surface area contributed by atoms with E-state index in [9.17, 15) is 9.59 Å². The van der Waals surface area contributed by atoms with Crippen molar-refractivity contribution in [1.29, 1.82) is 0 Å². The van der Waals surface area contributed by atoms with Crippen LogP contribution in [0.3, 0.4) is 0 Å². The van der Waals surface area contributed by atoms with Crippen LogP contribution in [0.5, 0.6) is 0 Å². The zero-order valence-electron chi connectivity index (χ0n) is 13.6. The Hall–Kier alpha value is -2.41. The van der Waals surface area contributed by atoms with Crippen molar-refractivity contribution in [2.45, 2.75) is 0 Å². The molecule has 2 heterocycles. The molecule has 0 saturated carbocycles. The monoisotopic (exact) mass is 403 g/mol. The quantitative estimate of drug-likeness (QED) is 0.733. The summed E-state index contributed by atoms with van der Waals surface area (Å²) in [5.41, 5.74) is 1.47. The Balaban J connectivity index is 1.47. The van der Waals surface area contributed by atoms with E-state index in [-0.39, 0.29) is 12.5 Å². The van der Waals surface area contributed by atoms with E-state index in [0.717, 1.165) is 18.8 Å². The predicted molar refractivity (Wildman–Crippen MR) is 97.5 cm³/mol. The number of amides is 1. The first-order chi connectivity index (χ1) is 12.1. The molecule has 130 valence electrons. The lowest BCUT2D eigenvalue weighted by Crippen LogP contribution is -2.49. The first-order valence-electron chi connectivity index (χ1n) is 7.99. The minimum Gasteiger partial charge on any atom is -0.452 e. The van der Waals surface area contributed by atoms with Crippen molar-refractivity contribution in [1.82, 2.24) is 9.88 Å². The fraction of sp³-hybridized carbons (Fsp3) is 0.278. The molecule has 0 spiro atoms. The molecule has 1 aliphatic heterocycles. The Kier molecular flexibility index (Phi) is 5.65. The van der Waals surface area contributed by atoms with Gasteiger partial charge in [-0.25, -0.2) is 4.79 Å². The third-order valence-corrected chi connectivity index (χ3v) is 4.45. The molecule has 1 amide bonds. The third kappa shape index (κ3) is 4.57. The maximum atomic E-state index is 12.2. The van der Waals surface area contributed by atoms with Crippen LogP contribution in [0, 0.1) is 0 Å². The van der Waals surface area contributed by atoms with Crippen LogP contribution in [0.2, 0.25) is 0 Å². The largest absolute Gasteiger partial charge is 0.452 e. The highest BCUT2D eigenvalue weighted by Crippen LogP contribution is 2.16. The third-order valence-electron chi connectivity index (χ3n) is 4.02. The molecule has 3 rings (SSSR count). The number of piperazine rings is 1. The van der Waals surface area contributed by atoms with Gasteiger partial charge >= 0.3 is 5.97 Å². The molecule has 25 heavy (non-hydrogen) atoms. The molecular formula is C18H18BrN3O3. The second-order valence-corrected chi connectivity index (χ2v) is 6.59. The molecule has 1 saturated heterocycles. The highest BCUT2D eigenvalue weighted by atomic mass is 79.9. The zero-order valence-corrected chi connectivity index (χ0v) is 15.2. The van der Waals surface area contributed by atoms with Crippen LogP contribution < -0.4 is 4.90 Å². The molecule has 0 unspecified atom stereocenters. The average molecular weight is 404 g/mol. The van der Waals surface area contributed by atoms with Crippen molar-refractivity contribution in [3.8, 4) is 0 Å². The van der Waals surface area contributed by atoms with Crippen molar-refractivity contribution in [3.63, 3.8) is 0 Å². The summed E-state index contributed by atoms with van der Waals surface area (Å²) >= 11 is 3.25. The normalized spacial score (nSPS) is 14.3. The maximum absolute atomic E-state index is 12.2. The fourth-order valence-electron chi connectivity index (χ4n) is 2.68. The van der Waals surface area contributed by atoms with Crippen LogP contribution in [0.1, 0.15) is 10.4 Å². The molecule has 0 aliphatic carbocycles. The van der Waals surface area contributed by atoms with Gasteiger partial charge < -0.3 is 14.5 Å². The number of nitrogens with zero attached hydrogens (tertiary/aromatic N) is 3. The summed E-state index contributed by atoms with van der Waals surface area (Å²) in [6, 6.07) is 11.7. The van der Waals surface area contributed by atoms with E-state index in [0.29, 0.717) is 23.1 Å². The number of hydrogen-bond donors (Lipinski definition) is 0. The average Bonchev–Trinajstić information content (AvgIpc) is 2.66. The van der Waals surface area contributed by atoms with Crippen LogP contribution in [0.25, 0.3) is 0 Å². The molecule has 2 aromatic rings. The van der Waals surface area contributed by atoms with Gasteiger partial charge in [0.1, 0.15) is 0 Å². The number of anilines is 1. The number of benzene rings is 1. The van der Waals surface area contributed by atoms with E-state index in [2.05, 4.69) is 37.9 Å². The summed E-state index contributed by atoms with van der Waals surface area (Å²) in [6.07, 6.45) is 2.99. The molecule has 0 atom stereocenters. The van der Waals surface area contributed by atoms with Gasteiger partial charge in [-0.05, 0) is 34.1 Å². The van der Waals surface area contributed by atoms with Gasteiger partial charge in [0.15, 0.2) is 6.61 Å². The second-order valence-electron chi connectivity index (χ2n) is 5.67. The van der Waals surface area contributed by atoms with Crippen molar-refractivity contribution in [3.05, 3.63) is 58.8 Å². The standard InChI is InChI=1S/C18H18BrN3O3/c19-15-10-14(11-20-12-15)18(24)25-13-17(23)22-8-6-21(7-9-22)16-4-2-1-3-5-16/h1-5,10-12H,6-9,13H2. The Morgan fingerprint density at radius 3 is 2.48 bits per heavy atom. The molecule has 1 aromatic heterocycles. The number of para-hydroxylation sites is 1. The van der Waals surface area contributed by atoms with E-state index in [1.807, 2.05) is 18.2 Å². The van der Waals surface area contributed by atoms with Gasteiger partial charge in [0.2, 0.25) is 0 Å². The number of carbonyl (C=O) groups excluding carboxylic acids is 2. The SMILES string of the molecule is O=C(OCC(=O)N1CCN(c2ccccc2)CC1)c1cncc(Br)c1. The molecule has 1 aromatic carbocycles. The predicted octanol–water partition coefficient (Wildman–Crippen LogP) is 2.35. The van der Waals surface area contributed by atoms with Crippen LogP contribution in [-0.2, 0) is 9.53 Å². The summed E-state index contributed by atoms with van der Waals surface area (Å²) in [7, 11) is 0. The van der Waals surface area contributed by atoms with Crippen molar-refractivity contribution < 1.29 is 14.3 Å². The topological polar surface area (TPSA) is 62.7 Å². The van der Waals surface area contributed by atoms with E-state index in [1.165, 1.54) is 6.20 Å². The number of ether oxygens (including phenoxy) is 1. The first kappa shape index (κ1) is 17.4. The highest BCUT2D eigenvalue weighted by Gasteiger charge is 2.22. The molecule has 6 nitrogen and oxygen atoms in total. The summed E-state index contributed by atoms with van der Waals surface area (Å²) in [6.45, 7) is 2.50. The smallest absolute Gasteiger partial charge is 0.340 e. The summed E-state index contributed by atoms with van der Waals surface area (Å²) < 4.78 is 5.79. The molecule has 7 heteroatoms.